The third-order valence-electron chi connectivity index (χ3n) is 2.61. The molecule has 0 bridgehead atoms. The highest BCUT2D eigenvalue weighted by Crippen LogP contribution is 2.24. The average molecular weight is 324 g/mol. The molecule has 0 saturated heterocycles. The lowest BCUT2D eigenvalue weighted by atomic mass is 10.1. The third kappa shape index (κ3) is 3.38. The van der Waals surface area contributed by atoms with Crippen molar-refractivity contribution in [3.63, 3.8) is 0 Å². The maximum atomic E-state index is 12.7. The number of rotatable bonds is 4. The molecule has 2 aromatic rings. The fraction of sp³-hybridized carbons (Fsp3) is 0.143. The van der Waals surface area contributed by atoms with Crippen molar-refractivity contribution in [3.8, 4) is 5.75 Å². The molecule has 1 aromatic heterocycles. The van der Waals surface area contributed by atoms with Gasteiger partial charge in [-0.05, 0) is 30.3 Å². The Hall–Kier alpha value is -1.75. The SMILES string of the molecule is COc1ccc(Br)cc1CC(=O)c1ccc(F)cn1. The minimum absolute atomic E-state index is 0.154. The summed E-state index contributed by atoms with van der Waals surface area (Å²) in [7, 11) is 1.55. The molecule has 0 amide bonds. The van der Waals surface area contributed by atoms with E-state index in [1.165, 1.54) is 12.1 Å². The van der Waals surface area contributed by atoms with Crippen molar-refractivity contribution in [3.05, 3.63) is 58.1 Å². The van der Waals surface area contributed by atoms with Crippen molar-refractivity contribution in [1.82, 2.24) is 4.98 Å². The summed E-state index contributed by atoms with van der Waals surface area (Å²) < 4.78 is 18.8. The summed E-state index contributed by atoms with van der Waals surface area (Å²) in [6.45, 7) is 0. The summed E-state index contributed by atoms with van der Waals surface area (Å²) in [6, 6.07) is 8.04. The zero-order valence-corrected chi connectivity index (χ0v) is 11.8. The largest absolute Gasteiger partial charge is 0.496 e. The second-order valence-corrected chi connectivity index (χ2v) is 4.83. The molecule has 0 radical (unpaired) electrons. The zero-order valence-electron chi connectivity index (χ0n) is 10.2. The first kappa shape index (κ1) is 13.7. The van der Waals surface area contributed by atoms with Crippen LogP contribution in [0.1, 0.15) is 16.1 Å². The minimum atomic E-state index is -0.461. The Labute approximate surface area is 118 Å². The standard InChI is InChI=1S/C14H11BrFNO2/c1-19-14-5-2-10(15)6-9(14)7-13(18)12-4-3-11(16)8-17-12/h2-6,8H,7H2,1H3. The Bertz CT molecular complexity index is 599. The number of nitrogens with zero attached hydrogens (tertiary/aromatic N) is 1. The van der Waals surface area contributed by atoms with Gasteiger partial charge in [0.1, 0.15) is 17.3 Å². The van der Waals surface area contributed by atoms with Crippen LogP contribution in [0, 0.1) is 5.82 Å². The topological polar surface area (TPSA) is 39.2 Å². The van der Waals surface area contributed by atoms with Gasteiger partial charge in [-0.1, -0.05) is 15.9 Å². The molecular formula is C14H11BrFNO2. The van der Waals surface area contributed by atoms with Crippen LogP contribution in [0.25, 0.3) is 0 Å². The fourth-order valence-corrected chi connectivity index (χ4v) is 2.10. The molecule has 0 unspecified atom stereocenters. The highest BCUT2D eigenvalue weighted by Gasteiger charge is 2.12. The highest BCUT2D eigenvalue weighted by atomic mass is 79.9. The van der Waals surface area contributed by atoms with Gasteiger partial charge in [-0.25, -0.2) is 4.39 Å². The van der Waals surface area contributed by atoms with Gasteiger partial charge in [-0.2, -0.15) is 0 Å². The molecule has 0 N–H and O–H groups in total. The van der Waals surface area contributed by atoms with E-state index in [0.29, 0.717) is 5.75 Å². The van der Waals surface area contributed by atoms with E-state index in [9.17, 15) is 9.18 Å². The van der Waals surface area contributed by atoms with Crippen LogP contribution in [-0.4, -0.2) is 17.9 Å². The second-order valence-electron chi connectivity index (χ2n) is 3.92. The third-order valence-corrected chi connectivity index (χ3v) is 3.10. The molecular weight excluding hydrogens is 313 g/mol. The lowest BCUT2D eigenvalue weighted by molar-refractivity contribution is 0.0987. The van der Waals surface area contributed by atoms with Crippen molar-refractivity contribution in [2.45, 2.75) is 6.42 Å². The number of ketones is 1. The minimum Gasteiger partial charge on any atom is -0.496 e. The van der Waals surface area contributed by atoms with E-state index in [1.54, 1.807) is 13.2 Å². The average Bonchev–Trinajstić information content (AvgIpc) is 2.39. The first-order valence-electron chi connectivity index (χ1n) is 5.57. The Balaban J connectivity index is 2.23. The van der Waals surface area contributed by atoms with Crippen molar-refractivity contribution < 1.29 is 13.9 Å². The van der Waals surface area contributed by atoms with E-state index in [4.69, 9.17) is 4.74 Å². The van der Waals surface area contributed by atoms with Crippen LogP contribution in [0.4, 0.5) is 4.39 Å². The molecule has 0 aliphatic heterocycles. The molecule has 2 rings (SSSR count). The summed E-state index contributed by atoms with van der Waals surface area (Å²) in [5.74, 6) is -0.00773. The van der Waals surface area contributed by atoms with Crippen LogP contribution in [0.15, 0.2) is 41.0 Å². The van der Waals surface area contributed by atoms with Gasteiger partial charge in [-0.3, -0.25) is 9.78 Å². The lowest BCUT2D eigenvalue weighted by Crippen LogP contribution is -2.07. The monoisotopic (exact) mass is 323 g/mol. The van der Waals surface area contributed by atoms with E-state index in [0.717, 1.165) is 16.2 Å². The van der Waals surface area contributed by atoms with Crippen LogP contribution >= 0.6 is 15.9 Å². The van der Waals surface area contributed by atoms with Crippen LogP contribution < -0.4 is 4.74 Å². The summed E-state index contributed by atoms with van der Waals surface area (Å²) in [4.78, 5) is 15.8. The summed E-state index contributed by atoms with van der Waals surface area (Å²) in [5, 5.41) is 0. The van der Waals surface area contributed by atoms with Crippen molar-refractivity contribution in [1.29, 1.82) is 0 Å². The van der Waals surface area contributed by atoms with Gasteiger partial charge in [-0.15, -0.1) is 0 Å². The molecule has 0 saturated carbocycles. The number of carbonyl (C=O) groups is 1. The van der Waals surface area contributed by atoms with E-state index in [2.05, 4.69) is 20.9 Å². The predicted molar refractivity (Wildman–Crippen MR) is 72.9 cm³/mol. The van der Waals surface area contributed by atoms with Crippen LogP contribution in [0.3, 0.4) is 0 Å². The van der Waals surface area contributed by atoms with Gasteiger partial charge in [0.25, 0.3) is 0 Å². The highest BCUT2D eigenvalue weighted by molar-refractivity contribution is 9.10. The van der Waals surface area contributed by atoms with E-state index in [-0.39, 0.29) is 17.9 Å². The summed E-state index contributed by atoms with van der Waals surface area (Å²) in [6.07, 6.45) is 1.19. The van der Waals surface area contributed by atoms with Gasteiger partial charge in [0, 0.05) is 16.5 Å². The number of ether oxygens (including phenoxy) is 1. The number of Topliss-reactive ketones (excluding diaryl/α,β-unsaturated/α-hetero) is 1. The number of benzene rings is 1. The van der Waals surface area contributed by atoms with E-state index in [1.807, 2.05) is 12.1 Å². The zero-order chi connectivity index (χ0) is 13.8. The fourth-order valence-electron chi connectivity index (χ4n) is 1.69. The molecule has 0 aliphatic carbocycles. The maximum Gasteiger partial charge on any atom is 0.185 e. The smallest absolute Gasteiger partial charge is 0.185 e. The molecule has 98 valence electrons. The molecule has 0 atom stereocenters. The van der Waals surface area contributed by atoms with E-state index >= 15 is 0 Å². The Morgan fingerprint density at radius 1 is 1.37 bits per heavy atom. The Morgan fingerprint density at radius 2 is 2.16 bits per heavy atom. The Morgan fingerprint density at radius 3 is 2.79 bits per heavy atom. The van der Waals surface area contributed by atoms with E-state index < -0.39 is 5.82 Å². The molecule has 0 fully saturated rings. The number of methoxy groups -OCH3 is 1. The quantitative estimate of drug-likeness (QED) is 0.809. The Kier molecular flexibility index (Phi) is 4.27. The van der Waals surface area contributed by atoms with Crippen LogP contribution in [-0.2, 0) is 6.42 Å². The first-order valence-corrected chi connectivity index (χ1v) is 6.36. The maximum absolute atomic E-state index is 12.7. The van der Waals surface area contributed by atoms with Gasteiger partial charge < -0.3 is 4.74 Å². The summed E-state index contributed by atoms with van der Waals surface area (Å²) in [5.41, 5.74) is 0.997. The summed E-state index contributed by atoms with van der Waals surface area (Å²) >= 11 is 3.35. The van der Waals surface area contributed by atoms with Gasteiger partial charge in [0.2, 0.25) is 0 Å². The predicted octanol–water partition coefficient (Wildman–Crippen LogP) is 3.42. The molecule has 5 heteroatoms. The number of aromatic nitrogens is 1. The van der Waals surface area contributed by atoms with Crippen molar-refractivity contribution in [2.75, 3.05) is 7.11 Å². The molecule has 0 spiro atoms. The molecule has 1 aromatic carbocycles. The number of hydrogen-bond donors (Lipinski definition) is 0. The van der Waals surface area contributed by atoms with Gasteiger partial charge in [0.15, 0.2) is 5.78 Å². The normalized spacial score (nSPS) is 10.3. The first-order chi connectivity index (χ1) is 9.10. The molecule has 19 heavy (non-hydrogen) atoms. The van der Waals surface area contributed by atoms with Crippen LogP contribution in [0.5, 0.6) is 5.75 Å². The number of halogens is 2. The molecule has 1 heterocycles. The van der Waals surface area contributed by atoms with Crippen LogP contribution in [0.2, 0.25) is 0 Å². The number of carbonyl (C=O) groups excluding carboxylic acids is 1. The lowest BCUT2D eigenvalue weighted by Gasteiger charge is -2.08. The van der Waals surface area contributed by atoms with Gasteiger partial charge >= 0.3 is 0 Å². The second kappa shape index (κ2) is 5.93. The molecule has 0 aliphatic rings. The van der Waals surface area contributed by atoms with Gasteiger partial charge in [0.05, 0.1) is 13.3 Å². The van der Waals surface area contributed by atoms with Crippen molar-refractivity contribution >= 4 is 21.7 Å². The van der Waals surface area contributed by atoms with Crippen molar-refractivity contribution in [2.24, 2.45) is 0 Å². The molecule has 3 nitrogen and oxygen atoms in total. The number of pyridine rings is 1. The number of hydrogen-bond acceptors (Lipinski definition) is 3.